The number of likely N-dealkylation sites (tertiary alicyclic amines) is 1. The van der Waals surface area contributed by atoms with Crippen LogP contribution in [0.1, 0.15) is 19.2 Å². The van der Waals surface area contributed by atoms with Crippen molar-refractivity contribution in [1.29, 1.82) is 0 Å². The SMILES string of the molecule is CCn1c(CCNC(=O)CN2CCC(N(C)C)C2)nc2ccccc21. The average molecular weight is 343 g/mol. The normalized spacial score (nSPS) is 18.3. The number of hydrogen-bond acceptors (Lipinski definition) is 4. The third kappa shape index (κ3) is 4.19. The predicted molar refractivity (Wildman–Crippen MR) is 101 cm³/mol. The fourth-order valence-electron chi connectivity index (χ4n) is 3.62. The van der Waals surface area contributed by atoms with Gasteiger partial charge < -0.3 is 14.8 Å². The molecule has 0 radical (unpaired) electrons. The molecule has 6 heteroatoms. The predicted octanol–water partition coefficient (Wildman–Crippen LogP) is 1.35. The van der Waals surface area contributed by atoms with Crippen LogP contribution in [0, 0.1) is 0 Å². The summed E-state index contributed by atoms with van der Waals surface area (Å²) in [6, 6.07) is 8.76. The summed E-state index contributed by atoms with van der Waals surface area (Å²) in [6.07, 6.45) is 1.90. The number of carbonyl (C=O) groups is 1. The van der Waals surface area contributed by atoms with Gasteiger partial charge in [-0.2, -0.15) is 0 Å². The Labute approximate surface area is 149 Å². The number of aryl methyl sites for hydroxylation is 1. The lowest BCUT2D eigenvalue weighted by molar-refractivity contribution is -0.122. The lowest BCUT2D eigenvalue weighted by Gasteiger charge is -2.20. The van der Waals surface area contributed by atoms with Gasteiger partial charge in [-0.15, -0.1) is 0 Å². The lowest BCUT2D eigenvalue weighted by atomic mass is 10.2. The fraction of sp³-hybridized carbons (Fsp3) is 0.579. The number of imidazole rings is 1. The van der Waals surface area contributed by atoms with Crippen LogP contribution in [-0.2, 0) is 17.8 Å². The Morgan fingerprint density at radius 3 is 2.88 bits per heavy atom. The largest absolute Gasteiger partial charge is 0.355 e. The fourth-order valence-corrected chi connectivity index (χ4v) is 3.62. The Balaban J connectivity index is 1.49. The van der Waals surface area contributed by atoms with Crippen molar-refractivity contribution >= 4 is 16.9 Å². The molecular weight excluding hydrogens is 314 g/mol. The molecule has 6 nitrogen and oxygen atoms in total. The van der Waals surface area contributed by atoms with E-state index < -0.39 is 0 Å². The molecule has 3 rings (SSSR count). The van der Waals surface area contributed by atoms with E-state index in [1.165, 1.54) is 0 Å². The van der Waals surface area contributed by atoms with Crippen LogP contribution < -0.4 is 5.32 Å². The van der Waals surface area contributed by atoms with E-state index >= 15 is 0 Å². The van der Waals surface area contributed by atoms with Gasteiger partial charge in [-0.3, -0.25) is 9.69 Å². The van der Waals surface area contributed by atoms with Gasteiger partial charge >= 0.3 is 0 Å². The Morgan fingerprint density at radius 2 is 2.16 bits per heavy atom. The minimum Gasteiger partial charge on any atom is -0.355 e. The van der Waals surface area contributed by atoms with Crippen molar-refractivity contribution in [2.45, 2.75) is 32.4 Å². The monoisotopic (exact) mass is 343 g/mol. The van der Waals surface area contributed by atoms with Gasteiger partial charge in [0.1, 0.15) is 5.82 Å². The van der Waals surface area contributed by atoms with Crippen LogP contribution in [0.2, 0.25) is 0 Å². The Hall–Kier alpha value is -1.92. The summed E-state index contributed by atoms with van der Waals surface area (Å²) < 4.78 is 2.23. The second-order valence-electron chi connectivity index (χ2n) is 7.00. The molecule has 0 spiro atoms. The number of likely N-dealkylation sites (N-methyl/N-ethyl adjacent to an activating group) is 1. The van der Waals surface area contributed by atoms with E-state index in [4.69, 9.17) is 4.98 Å². The third-order valence-electron chi connectivity index (χ3n) is 5.07. The number of para-hydroxylation sites is 2. The van der Waals surface area contributed by atoms with E-state index in [-0.39, 0.29) is 5.91 Å². The number of nitrogens with one attached hydrogen (secondary N) is 1. The Morgan fingerprint density at radius 1 is 1.36 bits per heavy atom. The molecule has 136 valence electrons. The molecule has 1 saturated heterocycles. The molecule has 1 unspecified atom stereocenters. The molecule has 1 aliphatic rings. The van der Waals surface area contributed by atoms with Gasteiger partial charge in [0, 0.05) is 38.6 Å². The van der Waals surface area contributed by atoms with E-state index in [1.54, 1.807) is 0 Å². The number of rotatable bonds is 7. The van der Waals surface area contributed by atoms with Gasteiger partial charge in [-0.05, 0) is 39.6 Å². The summed E-state index contributed by atoms with van der Waals surface area (Å²) in [5, 5.41) is 3.05. The van der Waals surface area contributed by atoms with Crippen LogP contribution >= 0.6 is 0 Å². The van der Waals surface area contributed by atoms with Crippen molar-refractivity contribution in [2.75, 3.05) is 40.3 Å². The van der Waals surface area contributed by atoms with Crippen LogP contribution in [0.5, 0.6) is 0 Å². The van der Waals surface area contributed by atoms with Crippen molar-refractivity contribution in [3.05, 3.63) is 30.1 Å². The molecular formula is C19H29N5O. The summed E-state index contributed by atoms with van der Waals surface area (Å²) in [5.74, 6) is 1.15. The van der Waals surface area contributed by atoms with E-state index in [0.29, 0.717) is 19.1 Å². The van der Waals surface area contributed by atoms with Crippen LogP contribution in [0.15, 0.2) is 24.3 Å². The van der Waals surface area contributed by atoms with E-state index in [0.717, 1.165) is 49.3 Å². The molecule has 1 aromatic heterocycles. The maximum absolute atomic E-state index is 12.2. The number of benzene rings is 1. The van der Waals surface area contributed by atoms with Crippen LogP contribution in [0.25, 0.3) is 11.0 Å². The van der Waals surface area contributed by atoms with Crippen molar-refractivity contribution in [2.24, 2.45) is 0 Å². The molecule has 2 heterocycles. The highest BCUT2D eigenvalue weighted by Gasteiger charge is 2.25. The van der Waals surface area contributed by atoms with E-state index in [2.05, 4.69) is 46.8 Å². The standard InChI is InChI=1S/C19H29N5O/c1-4-24-17-8-6-5-7-16(17)21-18(24)9-11-20-19(25)14-23-12-10-15(13-23)22(2)3/h5-8,15H,4,9-14H2,1-3H3,(H,20,25). The zero-order chi connectivity index (χ0) is 17.8. The second-order valence-corrected chi connectivity index (χ2v) is 7.00. The molecule has 0 saturated carbocycles. The van der Waals surface area contributed by atoms with Crippen molar-refractivity contribution in [3.63, 3.8) is 0 Å². The van der Waals surface area contributed by atoms with Crippen molar-refractivity contribution in [1.82, 2.24) is 24.7 Å². The van der Waals surface area contributed by atoms with Crippen molar-refractivity contribution < 1.29 is 4.79 Å². The van der Waals surface area contributed by atoms with Gasteiger partial charge in [0.2, 0.25) is 5.91 Å². The first-order chi connectivity index (χ1) is 12.1. The topological polar surface area (TPSA) is 53.4 Å². The minimum absolute atomic E-state index is 0.110. The van der Waals surface area contributed by atoms with Crippen LogP contribution in [0.4, 0.5) is 0 Å². The molecule has 1 atom stereocenters. The number of nitrogens with zero attached hydrogens (tertiary/aromatic N) is 4. The first kappa shape index (κ1) is 17.9. The van der Waals surface area contributed by atoms with Gasteiger partial charge in [-0.1, -0.05) is 12.1 Å². The smallest absolute Gasteiger partial charge is 0.234 e. The number of fused-ring (bicyclic) bond motifs is 1. The van der Waals surface area contributed by atoms with E-state index in [9.17, 15) is 4.79 Å². The summed E-state index contributed by atoms with van der Waals surface area (Å²) in [6.45, 7) is 6.13. The first-order valence-corrected chi connectivity index (χ1v) is 9.18. The maximum Gasteiger partial charge on any atom is 0.234 e. The maximum atomic E-state index is 12.2. The molecule has 0 bridgehead atoms. The molecule has 1 amide bonds. The number of amides is 1. The molecule has 1 aromatic carbocycles. The first-order valence-electron chi connectivity index (χ1n) is 9.18. The molecule has 1 fully saturated rings. The highest BCUT2D eigenvalue weighted by Crippen LogP contribution is 2.16. The highest BCUT2D eigenvalue weighted by atomic mass is 16.2. The van der Waals surface area contributed by atoms with Crippen LogP contribution in [0.3, 0.4) is 0 Å². The lowest BCUT2D eigenvalue weighted by Crippen LogP contribution is -2.38. The van der Waals surface area contributed by atoms with Gasteiger partial charge in [0.15, 0.2) is 0 Å². The average Bonchev–Trinajstić information content (AvgIpc) is 3.18. The molecule has 1 aliphatic heterocycles. The van der Waals surface area contributed by atoms with E-state index in [1.807, 2.05) is 18.2 Å². The number of hydrogen-bond donors (Lipinski definition) is 1. The zero-order valence-corrected chi connectivity index (χ0v) is 15.5. The summed E-state index contributed by atoms with van der Waals surface area (Å²) in [5.41, 5.74) is 2.19. The quantitative estimate of drug-likeness (QED) is 0.825. The zero-order valence-electron chi connectivity index (χ0n) is 15.5. The minimum atomic E-state index is 0.110. The second kappa shape index (κ2) is 7.97. The highest BCUT2D eigenvalue weighted by molar-refractivity contribution is 5.78. The molecule has 25 heavy (non-hydrogen) atoms. The Kier molecular flexibility index (Phi) is 5.71. The van der Waals surface area contributed by atoms with Gasteiger partial charge in [-0.25, -0.2) is 4.98 Å². The van der Waals surface area contributed by atoms with Crippen molar-refractivity contribution in [3.8, 4) is 0 Å². The summed E-state index contributed by atoms with van der Waals surface area (Å²) >= 11 is 0. The number of carbonyl (C=O) groups excluding carboxylic acids is 1. The summed E-state index contributed by atoms with van der Waals surface area (Å²) in [7, 11) is 4.21. The third-order valence-corrected chi connectivity index (χ3v) is 5.07. The van der Waals surface area contributed by atoms with Gasteiger partial charge in [0.05, 0.1) is 17.6 Å². The summed E-state index contributed by atoms with van der Waals surface area (Å²) in [4.78, 5) is 21.4. The molecule has 1 N–H and O–H groups in total. The molecule has 0 aliphatic carbocycles. The van der Waals surface area contributed by atoms with Gasteiger partial charge in [0.25, 0.3) is 0 Å². The number of aromatic nitrogens is 2. The molecule has 2 aromatic rings. The Bertz CT molecular complexity index is 724. The van der Waals surface area contributed by atoms with Crippen LogP contribution in [-0.4, -0.2) is 71.6 Å².